The average molecular weight is 418 g/mol. The first kappa shape index (κ1) is 21.1. The fraction of sp³-hybridized carbons (Fsp3) is 0.444. The van der Waals surface area contributed by atoms with Gasteiger partial charge in [-0.2, -0.15) is 0 Å². The lowest BCUT2D eigenvalue weighted by molar-refractivity contribution is 0.0612. The van der Waals surface area contributed by atoms with Gasteiger partial charge in [-0.15, -0.1) is 36.2 Å². The summed E-state index contributed by atoms with van der Waals surface area (Å²) in [7, 11) is 0. The Balaban J connectivity index is 0.00000121. The van der Waals surface area contributed by atoms with Crippen LogP contribution in [-0.4, -0.2) is 42.0 Å². The number of halogens is 3. The van der Waals surface area contributed by atoms with Crippen molar-refractivity contribution < 1.29 is 9.18 Å². The van der Waals surface area contributed by atoms with Crippen LogP contribution in [0.4, 0.5) is 4.39 Å². The highest BCUT2D eigenvalue weighted by Gasteiger charge is 2.38. The number of nitrogens with one attached hydrogen (secondary N) is 1. The van der Waals surface area contributed by atoms with Crippen LogP contribution in [-0.2, 0) is 0 Å². The molecule has 0 radical (unpaired) electrons. The molecule has 1 amide bonds. The number of carbonyl (C=O) groups is 1. The number of rotatable bonds is 2. The van der Waals surface area contributed by atoms with Crippen molar-refractivity contribution in [1.29, 1.82) is 0 Å². The van der Waals surface area contributed by atoms with Gasteiger partial charge in [0, 0.05) is 25.2 Å². The molecule has 2 aromatic rings. The molecule has 0 aliphatic carbocycles. The Bertz CT molecular complexity index is 754. The first-order chi connectivity index (χ1) is 11.7. The smallest absolute Gasteiger partial charge is 0.265 e. The molecule has 1 spiro atoms. The molecule has 0 unspecified atom stereocenters. The quantitative estimate of drug-likeness (QED) is 0.802. The SMILES string of the molecule is Cl.Cl.O=C(c1cnc(-c2ccccc2F)s1)N1CCC2(CCNC2)CC1. The molecule has 3 heterocycles. The van der Waals surface area contributed by atoms with Gasteiger partial charge >= 0.3 is 0 Å². The largest absolute Gasteiger partial charge is 0.338 e. The molecule has 4 nitrogen and oxygen atoms in total. The van der Waals surface area contributed by atoms with Crippen molar-refractivity contribution in [2.24, 2.45) is 5.41 Å². The Labute approximate surface area is 169 Å². The Morgan fingerprint density at radius 2 is 1.92 bits per heavy atom. The van der Waals surface area contributed by atoms with Crippen LogP contribution in [0.15, 0.2) is 30.5 Å². The summed E-state index contributed by atoms with van der Waals surface area (Å²) in [6.45, 7) is 3.77. The number of hydrogen-bond donors (Lipinski definition) is 1. The van der Waals surface area contributed by atoms with Crippen molar-refractivity contribution in [2.75, 3.05) is 26.2 Å². The van der Waals surface area contributed by atoms with E-state index in [2.05, 4.69) is 10.3 Å². The van der Waals surface area contributed by atoms with E-state index in [-0.39, 0.29) is 36.5 Å². The summed E-state index contributed by atoms with van der Waals surface area (Å²) in [4.78, 5) is 19.5. The van der Waals surface area contributed by atoms with E-state index in [4.69, 9.17) is 0 Å². The molecule has 0 saturated carbocycles. The maximum atomic E-state index is 13.9. The molecular formula is C18H22Cl2FN3OS. The first-order valence-electron chi connectivity index (χ1n) is 8.38. The zero-order chi connectivity index (χ0) is 16.6. The van der Waals surface area contributed by atoms with Crippen LogP contribution >= 0.6 is 36.2 Å². The maximum Gasteiger partial charge on any atom is 0.265 e. The lowest BCUT2D eigenvalue weighted by Crippen LogP contribution is -2.43. The van der Waals surface area contributed by atoms with Crippen molar-refractivity contribution in [2.45, 2.75) is 19.3 Å². The second-order valence-corrected chi connectivity index (χ2v) is 7.76. The van der Waals surface area contributed by atoms with E-state index in [9.17, 15) is 9.18 Å². The van der Waals surface area contributed by atoms with E-state index in [1.165, 1.54) is 23.8 Å². The third kappa shape index (κ3) is 4.03. The monoisotopic (exact) mass is 417 g/mol. The first-order valence-corrected chi connectivity index (χ1v) is 9.19. The zero-order valence-electron chi connectivity index (χ0n) is 14.2. The molecule has 0 bridgehead atoms. The van der Waals surface area contributed by atoms with Crippen LogP contribution in [0.3, 0.4) is 0 Å². The molecule has 26 heavy (non-hydrogen) atoms. The van der Waals surface area contributed by atoms with Crippen molar-refractivity contribution in [3.05, 3.63) is 41.2 Å². The normalized spacial score (nSPS) is 18.3. The highest BCUT2D eigenvalue weighted by Crippen LogP contribution is 2.37. The molecule has 2 saturated heterocycles. The minimum absolute atomic E-state index is 0. The second kappa shape index (κ2) is 8.65. The van der Waals surface area contributed by atoms with E-state index >= 15 is 0 Å². The number of benzene rings is 1. The highest BCUT2D eigenvalue weighted by molar-refractivity contribution is 7.16. The molecule has 2 aliphatic rings. The van der Waals surface area contributed by atoms with E-state index < -0.39 is 0 Å². The standard InChI is InChI=1S/C18H20FN3OS.2ClH/c19-14-4-2-1-3-13(14)16-21-11-15(24-16)17(23)22-9-6-18(7-10-22)5-8-20-12-18;;/h1-4,11,20H,5-10,12H2;2*1H. The number of carbonyl (C=O) groups excluding carboxylic acids is 1. The van der Waals surface area contributed by atoms with Gasteiger partial charge < -0.3 is 10.2 Å². The van der Waals surface area contributed by atoms with E-state index in [0.29, 0.717) is 20.9 Å². The molecule has 2 aliphatic heterocycles. The third-order valence-electron chi connectivity index (χ3n) is 5.26. The molecule has 142 valence electrons. The van der Waals surface area contributed by atoms with Crippen LogP contribution in [0.5, 0.6) is 0 Å². The van der Waals surface area contributed by atoms with Crippen LogP contribution < -0.4 is 5.32 Å². The van der Waals surface area contributed by atoms with E-state index in [1.54, 1.807) is 24.4 Å². The summed E-state index contributed by atoms with van der Waals surface area (Å²) in [5.74, 6) is -0.282. The lowest BCUT2D eigenvalue weighted by Gasteiger charge is -2.38. The molecule has 1 N–H and O–H groups in total. The number of piperidine rings is 1. The molecule has 1 aromatic carbocycles. The molecular weight excluding hydrogens is 396 g/mol. The number of thiazole rings is 1. The van der Waals surface area contributed by atoms with Gasteiger partial charge in [0.25, 0.3) is 5.91 Å². The minimum Gasteiger partial charge on any atom is -0.338 e. The Hall–Kier alpha value is -1.21. The molecule has 4 rings (SSSR count). The Morgan fingerprint density at radius 3 is 2.58 bits per heavy atom. The van der Waals surface area contributed by atoms with Gasteiger partial charge in [-0.3, -0.25) is 4.79 Å². The van der Waals surface area contributed by atoms with Crippen LogP contribution in [0.1, 0.15) is 28.9 Å². The van der Waals surface area contributed by atoms with E-state index in [0.717, 1.165) is 39.0 Å². The second-order valence-electron chi connectivity index (χ2n) is 6.73. The number of likely N-dealkylation sites (tertiary alicyclic amines) is 1. The Morgan fingerprint density at radius 1 is 1.19 bits per heavy atom. The fourth-order valence-corrected chi connectivity index (χ4v) is 4.61. The van der Waals surface area contributed by atoms with Crippen molar-refractivity contribution >= 4 is 42.1 Å². The fourth-order valence-electron chi connectivity index (χ4n) is 3.69. The molecule has 8 heteroatoms. The lowest BCUT2D eigenvalue weighted by atomic mass is 9.78. The number of aromatic nitrogens is 1. The zero-order valence-corrected chi connectivity index (χ0v) is 16.7. The van der Waals surface area contributed by atoms with Gasteiger partial charge in [0.05, 0.1) is 6.20 Å². The summed E-state index contributed by atoms with van der Waals surface area (Å²) in [5, 5.41) is 4.00. The van der Waals surface area contributed by atoms with Crippen LogP contribution in [0.25, 0.3) is 10.6 Å². The molecule has 1 aromatic heterocycles. The van der Waals surface area contributed by atoms with Gasteiger partial charge in [0.1, 0.15) is 15.7 Å². The Kier molecular flexibility index (Phi) is 7.02. The molecule has 2 fully saturated rings. The number of nitrogens with zero attached hydrogens (tertiary/aromatic N) is 2. The van der Waals surface area contributed by atoms with Gasteiger partial charge in [0.15, 0.2) is 0 Å². The summed E-state index contributed by atoms with van der Waals surface area (Å²) in [6, 6.07) is 6.54. The summed E-state index contributed by atoms with van der Waals surface area (Å²) < 4.78 is 13.9. The molecule has 0 atom stereocenters. The maximum absolute atomic E-state index is 13.9. The predicted octanol–water partition coefficient (Wildman–Crippen LogP) is 4.01. The van der Waals surface area contributed by atoms with Gasteiger partial charge in [-0.25, -0.2) is 9.37 Å². The van der Waals surface area contributed by atoms with Crippen LogP contribution in [0, 0.1) is 11.2 Å². The van der Waals surface area contributed by atoms with Gasteiger partial charge in [0.2, 0.25) is 0 Å². The van der Waals surface area contributed by atoms with Crippen LogP contribution in [0.2, 0.25) is 0 Å². The average Bonchev–Trinajstić information content (AvgIpc) is 3.26. The topological polar surface area (TPSA) is 45.2 Å². The van der Waals surface area contributed by atoms with Crippen molar-refractivity contribution in [3.63, 3.8) is 0 Å². The number of hydrogen-bond acceptors (Lipinski definition) is 4. The summed E-state index contributed by atoms with van der Waals surface area (Å²) in [5.41, 5.74) is 0.846. The predicted molar refractivity (Wildman–Crippen MR) is 107 cm³/mol. The summed E-state index contributed by atoms with van der Waals surface area (Å²) in [6.07, 6.45) is 4.92. The minimum atomic E-state index is -0.306. The number of amides is 1. The highest BCUT2D eigenvalue weighted by atomic mass is 35.5. The van der Waals surface area contributed by atoms with Crippen molar-refractivity contribution in [1.82, 2.24) is 15.2 Å². The van der Waals surface area contributed by atoms with Crippen molar-refractivity contribution in [3.8, 4) is 10.6 Å². The summed E-state index contributed by atoms with van der Waals surface area (Å²) >= 11 is 1.27. The van der Waals surface area contributed by atoms with Gasteiger partial charge in [-0.1, -0.05) is 12.1 Å². The van der Waals surface area contributed by atoms with Gasteiger partial charge in [-0.05, 0) is 43.4 Å². The van der Waals surface area contributed by atoms with E-state index in [1.807, 2.05) is 4.90 Å². The third-order valence-corrected chi connectivity index (χ3v) is 6.28.